The molecule has 92 valence electrons. The van der Waals surface area contributed by atoms with Crippen LogP contribution in [0.4, 0.5) is 0 Å². The number of benzene rings is 1. The van der Waals surface area contributed by atoms with Crippen molar-refractivity contribution >= 4 is 11.8 Å². The van der Waals surface area contributed by atoms with Crippen molar-refractivity contribution < 1.29 is 14.3 Å². The largest absolute Gasteiger partial charge is 0.497 e. The van der Waals surface area contributed by atoms with Gasteiger partial charge in [-0.2, -0.15) is 0 Å². The third kappa shape index (κ3) is 4.14. The van der Waals surface area contributed by atoms with E-state index in [4.69, 9.17) is 10.5 Å². The SMILES string of the molecule is COc1ccc(CC(=O)N(C)CC(N)=O)cc1. The van der Waals surface area contributed by atoms with E-state index in [1.54, 1.807) is 26.3 Å². The zero-order valence-electron chi connectivity index (χ0n) is 9.97. The van der Waals surface area contributed by atoms with Gasteiger partial charge in [-0.3, -0.25) is 9.59 Å². The summed E-state index contributed by atoms with van der Waals surface area (Å²) in [5.74, 6) is 0.0798. The van der Waals surface area contributed by atoms with Crippen LogP contribution in [0.3, 0.4) is 0 Å². The highest BCUT2D eigenvalue weighted by molar-refractivity contribution is 5.84. The number of nitrogens with zero attached hydrogens (tertiary/aromatic N) is 1. The lowest BCUT2D eigenvalue weighted by atomic mass is 10.1. The monoisotopic (exact) mass is 236 g/mol. The van der Waals surface area contributed by atoms with Gasteiger partial charge in [-0.25, -0.2) is 0 Å². The molecule has 0 aliphatic heterocycles. The smallest absolute Gasteiger partial charge is 0.237 e. The minimum Gasteiger partial charge on any atom is -0.497 e. The van der Waals surface area contributed by atoms with Gasteiger partial charge in [0.1, 0.15) is 5.75 Å². The summed E-state index contributed by atoms with van der Waals surface area (Å²) >= 11 is 0. The van der Waals surface area contributed by atoms with Crippen LogP contribution < -0.4 is 10.5 Å². The number of nitrogens with two attached hydrogens (primary N) is 1. The van der Waals surface area contributed by atoms with Crippen LogP contribution in [0, 0.1) is 0 Å². The molecule has 0 saturated heterocycles. The van der Waals surface area contributed by atoms with Gasteiger partial charge < -0.3 is 15.4 Å². The molecular weight excluding hydrogens is 220 g/mol. The average molecular weight is 236 g/mol. The molecule has 2 amide bonds. The highest BCUT2D eigenvalue weighted by atomic mass is 16.5. The number of ether oxygens (including phenoxy) is 1. The molecule has 0 aliphatic carbocycles. The number of amides is 2. The molecule has 0 bridgehead atoms. The highest BCUT2D eigenvalue weighted by Crippen LogP contribution is 2.12. The van der Waals surface area contributed by atoms with Crippen LogP contribution in [-0.2, 0) is 16.0 Å². The molecule has 0 saturated carbocycles. The van der Waals surface area contributed by atoms with E-state index in [0.29, 0.717) is 0 Å². The standard InChI is InChI=1S/C12H16N2O3/c1-14(8-11(13)15)12(16)7-9-3-5-10(17-2)6-4-9/h3-6H,7-8H2,1-2H3,(H2,13,15). The second-order valence-electron chi connectivity index (χ2n) is 3.74. The zero-order chi connectivity index (χ0) is 12.8. The first-order chi connectivity index (χ1) is 8.02. The summed E-state index contributed by atoms with van der Waals surface area (Å²) in [6.45, 7) is -0.0605. The van der Waals surface area contributed by atoms with E-state index in [2.05, 4.69) is 0 Å². The third-order valence-corrected chi connectivity index (χ3v) is 2.33. The van der Waals surface area contributed by atoms with Crippen molar-refractivity contribution in [3.05, 3.63) is 29.8 Å². The van der Waals surface area contributed by atoms with E-state index in [-0.39, 0.29) is 18.9 Å². The predicted molar refractivity (Wildman–Crippen MR) is 63.5 cm³/mol. The number of hydrogen-bond donors (Lipinski definition) is 1. The van der Waals surface area contributed by atoms with E-state index in [1.165, 1.54) is 4.90 Å². The number of methoxy groups -OCH3 is 1. The maximum atomic E-state index is 11.7. The Hall–Kier alpha value is -2.04. The Bertz CT molecular complexity index is 401. The van der Waals surface area contributed by atoms with Crippen molar-refractivity contribution in [1.29, 1.82) is 0 Å². The fraction of sp³-hybridized carbons (Fsp3) is 0.333. The molecule has 1 rings (SSSR count). The Morgan fingerprint density at radius 1 is 1.29 bits per heavy atom. The number of primary amides is 1. The topological polar surface area (TPSA) is 72.6 Å². The highest BCUT2D eigenvalue weighted by Gasteiger charge is 2.11. The van der Waals surface area contributed by atoms with E-state index < -0.39 is 5.91 Å². The van der Waals surface area contributed by atoms with Gasteiger partial charge in [-0.05, 0) is 17.7 Å². The number of hydrogen-bond acceptors (Lipinski definition) is 3. The third-order valence-electron chi connectivity index (χ3n) is 2.33. The van der Waals surface area contributed by atoms with Crippen LogP contribution >= 0.6 is 0 Å². The Morgan fingerprint density at radius 3 is 2.35 bits per heavy atom. The van der Waals surface area contributed by atoms with Crippen LogP contribution in [0.2, 0.25) is 0 Å². The van der Waals surface area contributed by atoms with E-state index in [9.17, 15) is 9.59 Å². The zero-order valence-corrected chi connectivity index (χ0v) is 9.97. The molecule has 0 radical (unpaired) electrons. The quantitative estimate of drug-likeness (QED) is 0.792. The Labute approximate surface area is 100 Å². The van der Waals surface area contributed by atoms with Gasteiger partial charge in [0.15, 0.2) is 0 Å². The maximum absolute atomic E-state index is 11.7. The summed E-state index contributed by atoms with van der Waals surface area (Å²) < 4.78 is 5.02. The summed E-state index contributed by atoms with van der Waals surface area (Å²) in [4.78, 5) is 23.7. The van der Waals surface area contributed by atoms with Gasteiger partial charge in [0, 0.05) is 7.05 Å². The Kier molecular flexibility index (Phi) is 4.51. The fourth-order valence-electron chi connectivity index (χ4n) is 1.37. The van der Waals surface area contributed by atoms with Crippen molar-refractivity contribution in [2.24, 2.45) is 5.73 Å². The second-order valence-corrected chi connectivity index (χ2v) is 3.74. The van der Waals surface area contributed by atoms with E-state index >= 15 is 0 Å². The van der Waals surface area contributed by atoms with E-state index in [0.717, 1.165) is 11.3 Å². The van der Waals surface area contributed by atoms with Crippen LogP contribution in [0.5, 0.6) is 5.75 Å². The summed E-state index contributed by atoms with van der Waals surface area (Å²) in [5, 5.41) is 0. The van der Waals surface area contributed by atoms with Gasteiger partial charge in [-0.15, -0.1) is 0 Å². The van der Waals surface area contributed by atoms with E-state index in [1.807, 2.05) is 12.1 Å². The summed E-state index contributed by atoms with van der Waals surface area (Å²) in [6, 6.07) is 7.21. The summed E-state index contributed by atoms with van der Waals surface area (Å²) in [7, 11) is 3.14. The fourth-order valence-corrected chi connectivity index (χ4v) is 1.37. The van der Waals surface area contributed by atoms with Gasteiger partial charge in [-0.1, -0.05) is 12.1 Å². The second kappa shape index (κ2) is 5.89. The average Bonchev–Trinajstić information content (AvgIpc) is 2.29. The van der Waals surface area contributed by atoms with Gasteiger partial charge in [0.2, 0.25) is 11.8 Å². The van der Waals surface area contributed by atoms with Crippen molar-refractivity contribution in [3.63, 3.8) is 0 Å². The van der Waals surface area contributed by atoms with Crippen LogP contribution in [0.15, 0.2) is 24.3 Å². The lowest BCUT2D eigenvalue weighted by Crippen LogP contribution is -2.36. The molecule has 0 heterocycles. The lowest BCUT2D eigenvalue weighted by Gasteiger charge is -2.14. The predicted octanol–water partition coefficient (Wildman–Crippen LogP) is 0.181. The minimum atomic E-state index is -0.518. The molecule has 0 aromatic heterocycles. The molecule has 17 heavy (non-hydrogen) atoms. The molecule has 2 N–H and O–H groups in total. The van der Waals surface area contributed by atoms with Crippen LogP contribution in [0.25, 0.3) is 0 Å². The molecular formula is C12H16N2O3. The normalized spacial score (nSPS) is 9.76. The molecule has 5 heteroatoms. The first kappa shape index (κ1) is 13.0. The first-order valence-corrected chi connectivity index (χ1v) is 5.18. The van der Waals surface area contributed by atoms with Crippen LogP contribution in [-0.4, -0.2) is 37.4 Å². The van der Waals surface area contributed by atoms with Gasteiger partial charge in [0.05, 0.1) is 20.1 Å². The molecule has 1 aromatic rings. The number of likely N-dealkylation sites (N-methyl/N-ethyl adjacent to an activating group) is 1. The Morgan fingerprint density at radius 2 is 1.88 bits per heavy atom. The number of carbonyl (C=O) groups excluding carboxylic acids is 2. The number of carbonyl (C=O) groups is 2. The van der Waals surface area contributed by atoms with Gasteiger partial charge in [0.25, 0.3) is 0 Å². The van der Waals surface area contributed by atoms with Gasteiger partial charge >= 0.3 is 0 Å². The maximum Gasteiger partial charge on any atom is 0.237 e. The lowest BCUT2D eigenvalue weighted by molar-refractivity contribution is -0.133. The van der Waals surface area contributed by atoms with Crippen molar-refractivity contribution in [2.75, 3.05) is 20.7 Å². The van der Waals surface area contributed by atoms with Crippen molar-refractivity contribution in [1.82, 2.24) is 4.90 Å². The van der Waals surface area contributed by atoms with Crippen molar-refractivity contribution in [3.8, 4) is 5.75 Å². The number of rotatable bonds is 5. The summed E-state index contributed by atoms with van der Waals surface area (Å²) in [6.07, 6.45) is 0.244. The molecule has 5 nitrogen and oxygen atoms in total. The molecule has 0 aliphatic rings. The molecule has 0 fully saturated rings. The van der Waals surface area contributed by atoms with Crippen LogP contribution in [0.1, 0.15) is 5.56 Å². The Balaban J connectivity index is 2.58. The summed E-state index contributed by atoms with van der Waals surface area (Å²) in [5.41, 5.74) is 5.88. The minimum absolute atomic E-state index is 0.0605. The molecule has 0 spiro atoms. The van der Waals surface area contributed by atoms with Crippen molar-refractivity contribution in [2.45, 2.75) is 6.42 Å². The first-order valence-electron chi connectivity index (χ1n) is 5.18. The molecule has 0 unspecified atom stereocenters. The molecule has 1 aromatic carbocycles. The molecule has 0 atom stereocenters.